The van der Waals surface area contributed by atoms with Crippen molar-refractivity contribution in [2.45, 2.75) is 52.0 Å². The minimum Gasteiger partial charge on any atom is -0.503 e. The number of hydrogen-bond acceptors (Lipinski definition) is 6. The minimum absolute atomic E-state index is 0.100. The second kappa shape index (κ2) is 8.76. The third-order valence-corrected chi connectivity index (χ3v) is 10.1. The Balaban J connectivity index is 1.75. The Morgan fingerprint density at radius 3 is 2.35 bits per heavy atom. The molecule has 1 N–H and O–H groups in total. The number of carbonyl (C=O) groups excluding carboxylic acids is 4. The van der Waals surface area contributed by atoms with Crippen LogP contribution in [0.1, 0.15) is 52.0 Å². The summed E-state index contributed by atoms with van der Waals surface area (Å²) in [5.74, 6) is -2.96. The first-order valence-electron chi connectivity index (χ1n) is 12.1. The summed E-state index contributed by atoms with van der Waals surface area (Å²) >= 11 is 6.98. The highest BCUT2D eigenvalue weighted by molar-refractivity contribution is 9.13. The van der Waals surface area contributed by atoms with E-state index in [1.165, 1.54) is 18.1 Å². The van der Waals surface area contributed by atoms with Crippen LogP contribution in [0.5, 0.6) is 11.5 Å². The number of likely N-dealkylation sites (tertiary alicyclic amines) is 1. The number of Topliss-reactive ketones (excluding diaryl/α,β-unsaturated/α-hetero) is 1. The summed E-state index contributed by atoms with van der Waals surface area (Å²) in [6.07, 6.45) is 3.93. The number of rotatable bonds is 2. The molecule has 1 heterocycles. The Labute approximate surface area is 231 Å². The topological polar surface area (TPSA) is 101 Å². The number of fused-ring (bicyclic) bond motifs is 3. The number of methoxy groups -OCH3 is 1. The summed E-state index contributed by atoms with van der Waals surface area (Å²) in [6, 6.07) is 1.65. The van der Waals surface area contributed by atoms with Gasteiger partial charge in [-0.15, -0.1) is 0 Å². The average Bonchev–Trinajstić information content (AvgIpc) is 3.10. The van der Waals surface area contributed by atoms with Crippen molar-refractivity contribution in [3.63, 3.8) is 0 Å². The SMILES string of the molecule is COc1cc([C@H]2C3=CC[C@@H]4C(=O)N(C(C)(C)C)C(=O)[C@@H]4[C@@H]3CC3=C2C(=O)C=C(C)C3=O)c(Br)c(Br)c1O. The molecule has 0 radical (unpaired) electrons. The van der Waals surface area contributed by atoms with E-state index in [0.717, 1.165) is 5.57 Å². The first-order chi connectivity index (χ1) is 17.3. The van der Waals surface area contributed by atoms with Gasteiger partial charge in [0.15, 0.2) is 23.1 Å². The van der Waals surface area contributed by atoms with Crippen LogP contribution < -0.4 is 4.74 Å². The fourth-order valence-corrected chi connectivity index (χ4v) is 7.33. The first kappa shape index (κ1) is 26.1. The zero-order valence-corrected chi connectivity index (χ0v) is 24.3. The molecule has 7 nitrogen and oxygen atoms in total. The third kappa shape index (κ3) is 3.72. The smallest absolute Gasteiger partial charge is 0.234 e. The second-order valence-corrected chi connectivity index (χ2v) is 12.6. The quantitative estimate of drug-likeness (QED) is 0.275. The van der Waals surface area contributed by atoms with Crippen molar-refractivity contribution in [1.82, 2.24) is 4.90 Å². The molecule has 1 aliphatic heterocycles. The van der Waals surface area contributed by atoms with E-state index in [1.54, 1.807) is 13.0 Å². The van der Waals surface area contributed by atoms with E-state index in [0.29, 0.717) is 37.6 Å². The van der Waals surface area contributed by atoms with Crippen LogP contribution in [0.2, 0.25) is 0 Å². The molecular weight excluding hydrogens is 606 g/mol. The molecule has 1 saturated heterocycles. The summed E-state index contributed by atoms with van der Waals surface area (Å²) in [4.78, 5) is 55.3. The first-order valence-corrected chi connectivity index (χ1v) is 13.7. The summed E-state index contributed by atoms with van der Waals surface area (Å²) in [5, 5.41) is 10.5. The number of amides is 2. The number of ketones is 2. The molecule has 2 amide bonds. The predicted octanol–water partition coefficient (Wildman–Crippen LogP) is 5.15. The zero-order chi connectivity index (χ0) is 27.1. The number of imide groups is 1. The van der Waals surface area contributed by atoms with Crippen molar-refractivity contribution >= 4 is 55.2 Å². The van der Waals surface area contributed by atoms with E-state index in [9.17, 15) is 24.3 Å². The van der Waals surface area contributed by atoms with Gasteiger partial charge in [-0.05, 0) is 96.0 Å². The number of carbonyl (C=O) groups is 4. The van der Waals surface area contributed by atoms with Crippen molar-refractivity contribution in [2.75, 3.05) is 7.11 Å². The number of nitrogens with zero attached hydrogens (tertiary/aromatic N) is 1. The normalized spacial score (nSPS) is 27.6. The highest BCUT2D eigenvalue weighted by Crippen LogP contribution is 2.57. The number of halogens is 2. The van der Waals surface area contributed by atoms with Gasteiger partial charge in [0.1, 0.15) is 0 Å². The van der Waals surface area contributed by atoms with Crippen LogP contribution in [-0.4, -0.2) is 46.0 Å². The number of phenols is 1. The van der Waals surface area contributed by atoms with Crippen LogP contribution in [-0.2, 0) is 19.2 Å². The summed E-state index contributed by atoms with van der Waals surface area (Å²) < 4.78 is 6.27. The van der Waals surface area contributed by atoms with Crippen LogP contribution in [0.4, 0.5) is 0 Å². The maximum atomic E-state index is 13.8. The van der Waals surface area contributed by atoms with Gasteiger partial charge in [-0.25, -0.2) is 0 Å². The molecule has 4 aliphatic rings. The van der Waals surface area contributed by atoms with E-state index in [1.807, 2.05) is 26.8 Å². The fraction of sp³-hybridized carbons (Fsp3) is 0.429. The lowest BCUT2D eigenvalue weighted by atomic mass is 9.59. The molecule has 1 fully saturated rings. The summed E-state index contributed by atoms with van der Waals surface area (Å²) in [6.45, 7) is 7.14. The zero-order valence-electron chi connectivity index (χ0n) is 21.1. The molecule has 0 aromatic heterocycles. The molecule has 1 aromatic rings. The minimum atomic E-state index is -0.668. The highest BCUT2D eigenvalue weighted by atomic mass is 79.9. The predicted molar refractivity (Wildman–Crippen MR) is 143 cm³/mol. The molecule has 37 heavy (non-hydrogen) atoms. The summed E-state index contributed by atoms with van der Waals surface area (Å²) in [7, 11) is 1.43. The number of aromatic hydroxyl groups is 1. The van der Waals surface area contributed by atoms with Crippen molar-refractivity contribution in [3.05, 3.63) is 55.0 Å². The fourth-order valence-electron chi connectivity index (χ4n) is 6.38. The van der Waals surface area contributed by atoms with Gasteiger partial charge < -0.3 is 9.84 Å². The standard InChI is InChI=1S/C28H27Br2NO6/c1-11-8-17(32)21-16(24(11)33)9-14-12(19(21)15-10-18(37-5)25(34)23(30)22(15)29)6-7-13-20(14)27(36)31(26(13)35)28(2,3)4/h6,8,10,13-14,19-20,34H,7,9H2,1-5H3/t13-,14+,19+,20-/m0/s1. The molecule has 3 aliphatic carbocycles. The molecular formula is C28H27Br2NO6. The van der Waals surface area contributed by atoms with Crippen LogP contribution in [0.15, 0.2) is 49.5 Å². The Morgan fingerprint density at radius 1 is 1.05 bits per heavy atom. The lowest BCUT2D eigenvalue weighted by Gasteiger charge is -2.42. The number of benzene rings is 1. The maximum absolute atomic E-state index is 13.8. The number of phenolic OH excluding ortho intramolecular Hbond substituents is 1. The van der Waals surface area contributed by atoms with Gasteiger partial charge in [0.2, 0.25) is 11.8 Å². The molecule has 0 saturated carbocycles. The molecule has 0 bridgehead atoms. The monoisotopic (exact) mass is 631 g/mol. The van der Waals surface area contributed by atoms with Gasteiger partial charge in [0, 0.05) is 32.6 Å². The molecule has 1 aromatic carbocycles. The molecule has 0 unspecified atom stereocenters. The van der Waals surface area contributed by atoms with E-state index in [2.05, 4.69) is 31.9 Å². The van der Waals surface area contributed by atoms with Gasteiger partial charge in [-0.1, -0.05) is 11.6 Å². The van der Waals surface area contributed by atoms with Crippen molar-refractivity contribution < 1.29 is 29.0 Å². The highest BCUT2D eigenvalue weighted by Gasteiger charge is 2.58. The number of hydrogen-bond donors (Lipinski definition) is 1. The van der Waals surface area contributed by atoms with Crippen molar-refractivity contribution in [2.24, 2.45) is 17.8 Å². The van der Waals surface area contributed by atoms with Crippen molar-refractivity contribution in [3.8, 4) is 11.5 Å². The molecule has 4 atom stereocenters. The maximum Gasteiger partial charge on any atom is 0.234 e. The molecule has 0 spiro atoms. The van der Waals surface area contributed by atoms with Gasteiger partial charge in [-0.2, -0.15) is 0 Å². The van der Waals surface area contributed by atoms with Gasteiger partial charge >= 0.3 is 0 Å². The second-order valence-electron chi connectivity index (χ2n) is 11.1. The Kier molecular flexibility index (Phi) is 6.18. The Bertz CT molecular complexity index is 1400. The molecule has 5 rings (SSSR count). The summed E-state index contributed by atoms with van der Waals surface area (Å²) in [5.41, 5.74) is 1.92. The molecule has 9 heteroatoms. The van der Waals surface area contributed by atoms with E-state index >= 15 is 0 Å². The lowest BCUT2D eigenvalue weighted by molar-refractivity contribution is -0.145. The Hall–Kier alpha value is -2.52. The average molecular weight is 633 g/mol. The number of ether oxygens (including phenoxy) is 1. The largest absolute Gasteiger partial charge is 0.503 e. The van der Waals surface area contributed by atoms with Gasteiger partial charge in [-0.3, -0.25) is 24.1 Å². The van der Waals surface area contributed by atoms with Gasteiger partial charge in [0.05, 0.1) is 23.4 Å². The van der Waals surface area contributed by atoms with Crippen LogP contribution in [0.3, 0.4) is 0 Å². The van der Waals surface area contributed by atoms with Crippen LogP contribution in [0.25, 0.3) is 0 Å². The number of allylic oxidation sites excluding steroid dienone is 6. The van der Waals surface area contributed by atoms with Crippen LogP contribution in [0, 0.1) is 17.8 Å². The Morgan fingerprint density at radius 2 is 1.73 bits per heavy atom. The van der Waals surface area contributed by atoms with E-state index < -0.39 is 29.2 Å². The van der Waals surface area contributed by atoms with Crippen LogP contribution >= 0.6 is 31.9 Å². The molecule has 194 valence electrons. The van der Waals surface area contributed by atoms with Gasteiger partial charge in [0.25, 0.3) is 0 Å². The van der Waals surface area contributed by atoms with E-state index in [4.69, 9.17) is 4.74 Å². The van der Waals surface area contributed by atoms with E-state index in [-0.39, 0.29) is 41.3 Å². The van der Waals surface area contributed by atoms with Crippen molar-refractivity contribution in [1.29, 1.82) is 0 Å². The lowest BCUT2D eigenvalue weighted by Crippen LogP contribution is -2.46. The third-order valence-electron chi connectivity index (χ3n) is 7.94.